The molecule has 34 heavy (non-hydrogen) atoms. The van der Waals surface area contributed by atoms with Gasteiger partial charge in [-0.1, -0.05) is 54.6 Å². The topological polar surface area (TPSA) is 52.7 Å². The minimum atomic E-state index is -0.642. The molecule has 5 heteroatoms. The lowest BCUT2D eigenvalue weighted by atomic mass is 9.94. The molecule has 4 aliphatic rings. The number of nitrogens with zero attached hydrogens (tertiary/aromatic N) is 2. The Balaban J connectivity index is 0.00000229. The molecule has 0 bridgehead atoms. The van der Waals surface area contributed by atoms with E-state index in [1.54, 1.807) is 7.05 Å². The molecule has 0 radical (unpaired) electrons. The number of piperidine rings is 1. The van der Waals surface area contributed by atoms with E-state index in [-0.39, 0.29) is 25.2 Å². The van der Waals surface area contributed by atoms with Crippen molar-refractivity contribution in [1.82, 2.24) is 10.2 Å². The fourth-order valence-corrected chi connectivity index (χ4v) is 7.15. The minimum Gasteiger partial charge on any atom is -0.359 e. The Labute approximate surface area is 201 Å². The summed E-state index contributed by atoms with van der Waals surface area (Å²) in [5.41, 5.74) is 4.35. The Bertz CT molecular complexity index is 1340. The maximum atomic E-state index is 13.8. The number of benzene rings is 3. The molecule has 1 spiro atoms. The first kappa shape index (κ1) is 20.2. The molecule has 1 saturated heterocycles. The lowest BCUT2D eigenvalue weighted by Crippen LogP contribution is -2.48. The normalized spacial score (nSPS) is 28.0. The molecule has 7 rings (SSSR count). The molecule has 3 unspecified atom stereocenters. The van der Waals surface area contributed by atoms with Crippen LogP contribution in [0.3, 0.4) is 0 Å². The van der Waals surface area contributed by atoms with E-state index in [9.17, 15) is 9.59 Å². The van der Waals surface area contributed by atoms with Crippen molar-refractivity contribution in [1.29, 1.82) is 0 Å². The van der Waals surface area contributed by atoms with Crippen molar-refractivity contribution >= 4 is 28.3 Å². The zero-order valence-electron chi connectivity index (χ0n) is 19.5. The molecule has 1 saturated carbocycles. The number of fused-ring (bicyclic) bond motifs is 2. The van der Waals surface area contributed by atoms with Crippen LogP contribution in [0.5, 0.6) is 0 Å². The van der Waals surface area contributed by atoms with Crippen molar-refractivity contribution in [3.63, 3.8) is 0 Å². The van der Waals surface area contributed by atoms with E-state index in [0.29, 0.717) is 12.5 Å². The third kappa shape index (κ3) is 2.59. The van der Waals surface area contributed by atoms with Gasteiger partial charge < -0.3 is 10.2 Å². The molecule has 174 valence electrons. The van der Waals surface area contributed by atoms with Gasteiger partial charge in [0.05, 0.1) is 11.3 Å². The van der Waals surface area contributed by atoms with Gasteiger partial charge in [-0.15, -0.1) is 0 Å². The molecule has 2 fully saturated rings. The second-order valence-corrected chi connectivity index (χ2v) is 10.4. The molecule has 2 amide bonds. The summed E-state index contributed by atoms with van der Waals surface area (Å²) in [5, 5.41) is 5.54. The smallest absolute Gasteiger partial charge is 0.238 e. The first-order chi connectivity index (χ1) is 16.6. The van der Waals surface area contributed by atoms with Crippen molar-refractivity contribution in [3.05, 3.63) is 77.4 Å². The summed E-state index contributed by atoms with van der Waals surface area (Å²) >= 11 is 0. The molecule has 2 aliphatic carbocycles. The molecule has 3 aromatic carbocycles. The van der Waals surface area contributed by atoms with Crippen LogP contribution in [-0.2, 0) is 21.4 Å². The number of rotatable bonds is 3. The lowest BCUT2D eigenvalue weighted by Gasteiger charge is -2.40. The molecule has 2 aliphatic heterocycles. The summed E-state index contributed by atoms with van der Waals surface area (Å²) in [6.07, 6.45) is 3.62. The number of hydrogen-bond acceptors (Lipinski definition) is 3. The second-order valence-electron chi connectivity index (χ2n) is 10.4. The number of amides is 2. The largest absolute Gasteiger partial charge is 0.359 e. The van der Waals surface area contributed by atoms with Crippen LogP contribution < -0.4 is 10.2 Å². The maximum absolute atomic E-state index is 13.8. The minimum absolute atomic E-state index is 0. The number of para-hydroxylation sites is 1. The fourth-order valence-electron chi connectivity index (χ4n) is 7.15. The van der Waals surface area contributed by atoms with Crippen LogP contribution in [0.15, 0.2) is 60.7 Å². The van der Waals surface area contributed by atoms with Crippen LogP contribution in [-0.4, -0.2) is 42.9 Å². The molecular weight excluding hydrogens is 422 g/mol. The number of nitrogens with one attached hydrogen (secondary N) is 1. The molecular formula is C29H31N3O2. The number of anilines is 1. The number of carbonyl (C=O) groups is 2. The van der Waals surface area contributed by atoms with Gasteiger partial charge in [0.1, 0.15) is 0 Å². The average molecular weight is 454 g/mol. The van der Waals surface area contributed by atoms with Crippen LogP contribution in [0.25, 0.3) is 10.8 Å². The molecule has 3 atom stereocenters. The van der Waals surface area contributed by atoms with Gasteiger partial charge >= 0.3 is 0 Å². The quantitative estimate of drug-likeness (QED) is 0.647. The van der Waals surface area contributed by atoms with Gasteiger partial charge in [-0.3, -0.25) is 14.5 Å². The van der Waals surface area contributed by atoms with Crippen LogP contribution in [0.1, 0.15) is 43.4 Å². The van der Waals surface area contributed by atoms with E-state index in [0.717, 1.165) is 43.6 Å². The highest BCUT2D eigenvalue weighted by atomic mass is 16.2. The van der Waals surface area contributed by atoms with Crippen LogP contribution in [0, 0.1) is 5.92 Å². The van der Waals surface area contributed by atoms with Gasteiger partial charge in [0, 0.05) is 39.3 Å². The van der Waals surface area contributed by atoms with Crippen molar-refractivity contribution in [3.8, 4) is 0 Å². The van der Waals surface area contributed by atoms with Crippen molar-refractivity contribution in [2.75, 3.05) is 25.0 Å². The van der Waals surface area contributed by atoms with Gasteiger partial charge in [0.2, 0.25) is 11.8 Å². The summed E-state index contributed by atoms with van der Waals surface area (Å²) in [5.74, 6) is -0.123. The SMILES string of the molecule is CNC(=O)C1CC12C(=O)N(C1CCN(C3Cc4cccc5cccc3c45)CC1)c1ccccc12.[HH]. The summed E-state index contributed by atoms with van der Waals surface area (Å²) in [6, 6.07) is 22.1. The highest BCUT2D eigenvalue weighted by Crippen LogP contribution is 2.62. The average Bonchev–Trinajstić information content (AvgIpc) is 3.46. The van der Waals surface area contributed by atoms with E-state index >= 15 is 0 Å². The van der Waals surface area contributed by atoms with Gasteiger partial charge in [-0.25, -0.2) is 0 Å². The Morgan fingerprint density at radius 2 is 1.79 bits per heavy atom. The summed E-state index contributed by atoms with van der Waals surface area (Å²) in [4.78, 5) is 30.9. The summed E-state index contributed by atoms with van der Waals surface area (Å²) in [6.45, 7) is 1.97. The number of carbonyl (C=O) groups excluding carboxylic acids is 2. The van der Waals surface area contributed by atoms with E-state index in [1.807, 2.05) is 12.1 Å². The van der Waals surface area contributed by atoms with Crippen molar-refractivity contribution < 1.29 is 11.0 Å². The fraction of sp³-hybridized carbons (Fsp3) is 0.379. The third-order valence-corrected chi connectivity index (χ3v) is 8.87. The third-order valence-electron chi connectivity index (χ3n) is 8.87. The molecule has 1 N–H and O–H groups in total. The summed E-state index contributed by atoms with van der Waals surface area (Å²) in [7, 11) is 1.66. The summed E-state index contributed by atoms with van der Waals surface area (Å²) < 4.78 is 0. The van der Waals surface area contributed by atoms with Crippen LogP contribution in [0.2, 0.25) is 0 Å². The lowest BCUT2D eigenvalue weighted by molar-refractivity contribution is -0.126. The maximum Gasteiger partial charge on any atom is 0.238 e. The number of hydrogen-bond donors (Lipinski definition) is 1. The molecule has 5 nitrogen and oxygen atoms in total. The van der Waals surface area contributed by atoms with E-state index < -0.39 is 5.41 Å². The Morgan fingerprint density at radius 1 is 1.03 bits per heavy atom. The Kier molecular flexibility index (Phi) is 4.26. The Hall–Kier alpha value is -3.18. The highest BCUT2D eigenvalue weighted by molar-refractivity contribution is 6.14. The predicted octanol–water partition coefficient (Wildman–Crippen LogP) is 4.20. The van der Waals surface area contributed by atoms with Gasteiger partial charge in [0.15, 0.2) is 0 Å². The predicted molar refractivity (Wildman–Crippen MR) is 135 cm³/mol. The molecule has 3 aromatic rings. The zero-order valence-corrected chi connectivity index (χ0v) is 19.5. The monoisotopic (exact) mass is 453 g/mol. The Morgan fingerprint density at radius 3 is 2.59 bits per heavy atom. The van der Waals surface area contributed by atoms with Crippen molar-refractivity contribution in [2.45, 2.75) is 43.2 Å². The standard InChI is InChI=1S/C29H29N3O2.H2/c1-30-27(33)23-17-29(23)22-10-2-3-11-24(22)32(28(29)34)20-12-14-31(15-13-20)25-16-19-8-4-6-18-7-5-9-21(25)26(18)19;/h2-11,20,23,25H,12-17H2,1H3,(H,30,33);1H. The molecule has 0 aromatic heterocycles. The van der Waals surface area contributed by atoms with Crippen LogP contribution in [0.4, 0.5) is 5.69 Å². The highest BCUT2D eigenvalue weighted by Gasteiger charge is 2.70. The molecule has 2 heterocycles. The van der Waals surface area contributed by atoms with Gasteiger partial charge in [-0.05, 0) is 59.2 Å². The van der Waals surface area contributed by atoms with E-state index in [4.69, 9.17) is 0 Å². The van der Waals surface area contributed by atoms with E-state index in [2.05, 4.69) is 63.6 Å². The first-order valence-corrected chi connectivity index (χ1v) is 12.5. The second kappa shape index (κ2) is 7.16. The van der Waals surface area contributed by atoms with Crippen molar-refractivity contribution in [2.24, 2.45) is 5.92 Å². The van der Waals surface area contributed by atoms with Gasteiger partial charge in [0.25, 0.3) is 0 Å². The number of likely N-dealkylation sites (tertiary alicyclic amines) is 1. The zero-order chi connectivity index (χ0) is 23.0. The van der Waals surface area contributed by atoms with Crippen LogP contribution >= 0.6 is 0 Å². The first-order valence-electron chi connectivity index (χ1n) is 12.5. The van der Waals surface area contributed by atoms with E-state index in [1.165, 1.54) is 21.9 Å². The van der Waals surface area contributed by atoms with Gasteiger partial charge in [-0.2, -0.15) is 0 Å².